The molecule has 0 fully saturated rings. The number of alkyl halides is 1. The fraction of sp³-hybridized carbons (Fsp3) is 0.556. The number of hydrogen-bond acceptors (Lipinski definition) is 1. The maximum atomic E-state index is 9.91. The summed E-state index contributed by atoms with van der Waals surface area (Å²) in [4.78, 5) is 0. The second-order valence-electron chi connectivity index (χ2n) is 5.15. The Morgan fingerprint density at radius 2 is 1.70 bits per heavy atom. The molecule has 0 spiro atoms. The summed E-state index contributed by atoms with van der Waals surface area (Å²) < 4.78 is 0. The van der Waals surface area contributed by atoms with E-state index in [0.29, 0.717) is 0 Å². The van der Waals surface area contributed by atoms with Gasteiger partial charge in [-0.25, -0.2) is 0 Å². The van der Waals surface area contributed by atoms with Crippen molar-refractivity contribution in [1.82, 2.24) is 0 Å². The number of rotatable bonds is 8. The van der Waals surface area contributed by atoms with Crippen molar-refractivity contribution < 1.29 is 5.11 Å². The van der Waals surface area contributed by atoms with Crippen LogP contribution in [0.15, 0.2) is 30.3 Å². The number of benzene rings is 1. The predicted octanol–water partition coefficient (Wildman–Crippen LogP) is 4.76. The van der Waals surface area contributed by atoms with E-state index < -0.39 is 6.10 Å². The zero-order valence-electron chi connectivity index (χ0n) is 12.3. The maximum Gasteiger partial charge on any atom is 0.131 e. The molecule has 20 heavy (non-hydrogen) atoms. The molecular weight excluding hydrogens is 268 g/mol. The number of unbranched alkanes of at least 4 members (excludes halogenated alkanes) is 5. The van der Waals surface area contributed by atoms with Gasteiger partial charge in [-0.05, 0) is 18.6 Å². The zero-order chi connectivity index (χ0) is 14.6. The maximum absolute atomic E-state index is 9.91. The van der Waals surface area contributed by atoms with Gasteiger partial charge in [0.1, 0.15) is 6.10 Å². The lowest BCUT2D eigenvalue weighted by Crippen LogP contribution is -2.18. The first-order chi connectivity index (χ1) is 9.74. The van der Waals surface area contributed by atoms with Gasteiger partial charge in [0.2, 0.25) is 0 Å². The highest BCUT2D eigenvalue weighted by atomic mass is 35.5. The average Bonchev–Trinajstić information content (AvgIpc) is 2.49. The Morgan fingerprint density at radius 3 is 2.40 bits per heavy atom. The smallest absolute Gasteiger partial charge is 0.131 e. The molecule has 2 heteroatoms. The van der Waals surface area contributed by atoms with Gasteiger partial charge in [0, 0.05) is 5.56 Å². The lowest BCUT2D eigenvalue weighted by Gasteiger charge is -2.11. The molecule has 110 valence electrons. The summed E-state index contributed by atoms with van der Waals surface area (Å²) in [5.74, 6) is 5.79. The van der Waals surface area contributed by atoms with Crippen LogP contribution in [0.25, 0.3) is 0 Å². The quantitative estimate of drug-likeness (QED) is 0.416. The van der Waals surface area contributed by atoms with Gasteiger partial charge in [0.15, 0.2) is 0 Å². The summed E-state index contributed by atoms with van der Waals surface area (Å²) in [7, 11) is 0. The Hall–Kier alpha value is -0.970. The molecule has 1 rings (SSSR count). The molecule has 0 bridgehead atoms. The van der Waals surface area contributed by atoms with Gasteiger partial charge in [0.05, 0.1) is 5.38 Å². The molecule has 0 aromatic heterocycles. The number of aliphatic hydroxyl groups is 1. The monoisotopic (exact) mass is 292 g/mol. The van der Waals surface area contributed by atoms with Crippen LogP contribution in [-0.4, -0.2) is 16.6 Å². The molecule has 1 N–H and O–H groups in total. The summed E-state index contributed by atoms with van der Waals surface area (Å²) in [6.45, 7) is 2.22. The Labute approximate surface area is 128 Å². The second kappa shape index (κ2) is 10.8. The van der Waals surface area contributed by atoms with Crippen molar-refractivity contribution in [2.75, 3.05) is 0 Å². The normalized spacial score (nSPS) is 13.3. The molecule has 0 aliphatic rings. The Balaban J connectivity index is 2.22. The minimum absolute atomic E-state index is 0.266. The third-order valence-electron chi connectivity index (χ3n) is 3.31. The van der Waals surface area contributed by atoms with E-state index in [0.717, 1.165) is 18.4 Å². The highest BCUT2D eigenvalue weighted by molar-refractivity contribution is 6.21. The molecule has 1 aromatic carbocycles. The first-order valence-electron chi connectivity index (χ1n) is 7.62. The van der Waals surface area contributed by atoms with E-state index in [1.807, 2.05) is 30.3 Å². The lowest BCUT2D eigenvalue weighted by atomic mass is 10.1. The van der Waals surface area contributed by atoms with Gasteiger partial charge < -0.3 is 5.11 Å². The van der Waals surface area contributed by atoms with Gasteiger partial charge in [-0.1, -0.05) is 75.5 Å². The summed E-state index contributed by atoms with van der Waals surface area (Å²) in [6.07, 6.45) is 7.51. The van der Waals surface area contributed by atoms with Gasteiger partial charge in [-0.3, -0.25) is 0 Å². The van der Waals surface area contributed by atoms with Crippen LogP contribution in [0.1, 0.15) is 57.4 Å². The van der Waals surface area contributed by atoms with Crippen molar-refractivity contribution in [3.05, 3.63) is 35.9 Å². The van der Waals surface area contributed by atoms with E-state index in [1.54, 1.807) is 0 Å². The van der Waals surface area contributed by atoms with Gasteiger partial charge in [-0.2, -0.15) is 0 Å². The third-order valence-corrected chi connectivity index (χ3v) is 3.77. The molecule has 0 saturated heterocycles. The van der Waals surface area contributed by atoms with Gasteiger partial charge in [-0.15, -0.1) is 11.6 Å². The first kappa shape index (κ1) is 17.1. The molecule has 1 aromatic rings. The molecule has 0 saturated carbocycles. The first-order valence-corrected chi connectivity index (χ1v) is 8.06. The number of aliphatic hydroxyl groups excluding tert-OH is 1. The summed E-state index contributed by atoms with van der Waals surface area (Å²) in [6, 6.07) is 9.67. The van der Waals surface area contributed by atoms with Crippen LogP contribution in [0.2, 0.25) is 0 Å². The van der Waals surface area contributed by atoms with Crippen molar-refractivity contribution in [2.24, 2.45) is 0 Å². The van der Waals surface area contributed by atoms with Gasteiger partial charge in [0.25, 0.3) is 0 Å². The van der Waals surface area contributed by atoms with Crippen molar-refractivity contribution in [1.29, 1.82) is 0 Å². The minimum atomic E-state index is -0.743. The van der Waals surface area contributed by atoms with E-state index in [1.165, 1.54) is 32.1 Å². The van der Waals surface area contributed by atoms with Crippen molar-refractivity contribution in [3.63, 3.8) is 0 Å². The topological polar surface area (TPSA) is 20.2 Å². The Kier molecular flexibility index (Phi) is 9.20. The summed E-state index contributed by atoms with van der Waals surface area (Å²) in [5, 5.41) is 9.65. The molecule has 1 nitrogen and oxygen atoms in total. The fourth-order valence-corrected chi connectivity index (χ4v) is 2.26. The molecule has 0 aliphatic carbocycles. The molecule has 2 atom stereocenters. The average molecular weight is 293 g/mol. The highest BCUT2D eigenvalue weighted by Gasteiger charge is 2.13. The fourth-order valence-electron chi connectivity index (χ4n) is 2.05. The van der Waals surface area contributed by atoms with Crippen LogP contribution in [0.5, 0.6) is 0 Å². The van der Waals surface area contributed by atoms with Crippen LogP contribution in [-0.2, 0) is 0 Å². The largest absolute Gasteiger partial charge is 0.379 e. The second-order valence-corrected chi connectivity index (χ2v) is 5.71. The van der Waals surface area contributed by atoms with E-state index >= 15 is 0 Å². The number of halogens is 1. The Bertz CT molecular complexity index is 404. The van der Waals surface area contributed by atoms with E-state index in [2.05, 4.69) is 18.8 Å². The van der Waals surface area contributed by atoms with Crippen LogP contribution < -0.4 is 0 Å². The predicted molar refractivity (Wildman–Crippen MR) is 87.0 cm³/mol. The van der Waals surface area contributed by atoms with Crippen LogP contribution in [0.3, 0.4) is 0 Å². The molecule has 0 radical (unpaired) electrons. The summed E-state index contributed by atoms with van der Waals surface area (Å²) >= 11 is 6.19. The van der Waals surface area contributed by atoms with E-state index in [-0.39, 0.29) is 5.38 Å². The number of hydrogen-bond donors (Lipinski definition) is 1. The van der Waals surface area contributed by atoms with Crippen molar-refractivity contribution in [2.45, 2.75) is 63.4 Å². The zero-order valence-corrected chi connectivity index (χ0v) is 13.1. The SMILES string of the molecule is CCCCCCCC[C@H](Cl)[C@H](O)C#Cc1ccccc1. The third kappa shape index (κ3) is 7.58. The molecule has 0 aliphatic heterocycles. The minimum Gasteiger partial charge on any atom is -0.379 e. The molecule has 0 heterocycles. The van der Waals surface area contributed by atoms with Gasteiger partial charge >= 0.3 is 0 Å². The van der Waals surface area contributed by atoms with Crippen molar-refractivity contribution in [3.8, 4) is 11.8 Å². The highest BCUT2D eigenvalue weighted by Crippen LogP contribution is 2.14. The van der Waals surface area contributed by atoms with Crippen molar-refractivity contribution >= 4 is 11.6 Å². The molecular formula is C18H25ClO. The van der Waals surface area contributed by atoms with E-state index in [4.69, 9.17) is 11.6 Å². The summed E-state index contributed by atoms with van der Waals surface area (Å²) in [5.41, 5.74) is 0.912. The van der Waals surface area contributed by atoms with Crippen LogP contribution in [0.4, 0.5) is 0 Å². The van der Waals surface area contributed by atoms with Crippen LogP contribution >= 0.6 is 11.6 Å². The standard InChI is InChI=1S/C18H25ClO/c1-2-3-4-5-6-10-13-17(19)18(20)15-14-16-11-8-7-9-12-16/h7-9,11-12,17-18,20H,2-6,10,13H2,1H3/t17-,18+/m0/s1. The Morgan fingerprint density at radius 1 is 1.05 bits per heavy atom. The molecule has 0 unspecified atom stereocenters. The van der Waals surface area contributed by atoms with Crippen LogP contribution in [0, 0.1) is 11.8 Å². The lowest BCUT2D eigenvalue weighted by molar-refractivity contribution is 0.221. The van der Waals surface area contributed by atoms with E-state index in [9.17, 15) is 5.11 Å². The molecule has 0 amide bonds.